The summed E-state index contributed by atoms with van der Waals surface area (Å²) in [4.78, 5) is 22.2. The normalized spacial score (nSPS) is 17.6. The number of aliphatic carboxylic acids is 1. The maximum atomic E-state index is 11.6. The summed E-state index contributed by atoms with van der Waals surface area (Å²) < 4.78 is 0. The molecule has 110 valence electrons. The molecule has 0 aromatic carbocycles. The molecule has 1 fully saturated rings. The SMILES string of the molecule is CCCC1(CNC(=O)NCCCC(C)C(=O)O)CC1. The van der Waals surface area contributed by atoms with Gasteiger partial charge in [0.05, 0.1) is 5.92 Å². The van der Waals surface area contributed by atoms with Crippen LogP contribution < -0.4 is 10.6 Å². The molecule has 0 aliphatic heterocycles. The summed E-state index contributed by atoms with van der Waals surface area (Å²) in [5.41, 5.74) is 0.365. The van der Waals surface area contributed by atoms with Crippen LogP contribution in [-0.4, -0.2) is 30.2 Å². The molecule has 0 bridgehead atoms. The van der Waals surface area contributed by atoms with Crippen LogP contribution in [0.1, 0.15) is 52.4 Å². The van der Waals surface area contributed by atoms with Gasteiger partial charge in [0.2, 0.25) is 0 Å². The van der Waals surface area contributed by atoms with Gasteiger partial charge in [-0.25, -0.2) is 4.79 Å². The third kappa shape index (κ3) is 5.94. The van der Waals surface area contributed by atoms with E-state index >= 15 is 0 Å². The summed E-state index contributed by atoms with van der Waals surface area (Å²) in [5, 5.41) is 14.4. The van der Waals surface area contributed by atoms with Crippen molar-refractivity contribution in [1.29, 1.82) is 0 Å². The minimum Gasteiger partial charge on any atom is -0.481 e. The Labute approximate surface area is 115 Å². The van der Waals surface area contributed by atoms with Crippen LogP contribution in [0.15, 0.2) is 0 Å². The predicted molar refractivity (Wildman–Crippen MR) is 74.0 cm³/mol. The zero-order chi connectivity index (χ0) is 14.3. The summed E-state index contributed by atoms with van der Waals surface area (Å²) in [6.07, 6.45) is 6.07. The fraction of sp³-hybridized carbons (Fsp3) is 0.857. The van der Waals surface area contributed by atoms with E-state index in [1.807, 2.05) is 0 Å². The highest BCUT2D eigenvalue weighted by Gasteiger charge is 2.41. The highest BCUT2D eigenvalue weighted by Crippen LogP contribution is 2.48. The van der Waals surface area contributed by atoms with Crippen molar-refractivity contribution >= 4 is 12.0 Å². The van der Waals surface area contributed by atoms with Crippen LogP contribution in [0.5, 0.6) is 0 Å². The number of nitrogens with one attached hydrogen (secondary N) is 2. The molecule has 0 heterocycles. The average Bonchev–Trinajstić information content (AvgIpc) is 3.12. The molecule has 0 aromatic rings. The third-order valence-electron chi connectivity index (χ3n) is 3.88. The standard InChI is InChI=1S/C14H26N2O3/c1-3-6-14(7-8-14)10-16-13(19)15-9-4-5-11(2)12(17)18/h11H,3-10H2,1-2H3,(H,17,18)(H2,15,16,19). The van der Waals surface area contributed by atoms with Crippen molar-refractivity contribution in [3.05, 3.63) is 0 Å². The van der Waals surface area contributed by atoms with Gasteiger partial charge >= 0.3 is 12.0 Å². The molecule has 5 nitrogen and oxygen atoms in total. The minimum atomic E-state index is -0.778. The highest BCUT2D eigenvalue weighted by atomic mass is 16.4. The molecule has 3 N–H and O–H groups in total. The van der Waals surface area contributed by atoms with Gasteiger partial charge in [-0.05, 0) is 37.5 Å². The van der Waals surface area contributed by atoms with E-state index in [4.69, 9.17) is 5.11 Å². The zero-order valence-corrected chi connectivity index (χ0v) is 12.0. The molecule has 0 saturated heterocycles. The zero-order valence-electron chi connectivity index (χ0n) is 12.0. The largest absolute Gasteiger partial charge is 0.481 e. The first-order valence-electron chi connectivity index (χ1n) is 7.23. The van der Waals surface area contributed by atoms with Crippen LogP contribution in [0.25, 0.3) is 0 Å². The summed E-state index contributed by atoms with van der Waals surface area (Å²) in [6.45, 7) is 5.15. The van der Waals surface area contributed by atoms with Gasteiger partial charge in [-0.3, -0.25) is 4.79 Å². The van der Waals surface area contributed by atoms with Crippen LogP contribution in [0.4, 0.5) is 4.79 Å². The number of rotatable bonds is 9. The number of carboxylic acids is 1. The lowest BCUT2D eigenvalue weighted by Crippen LogP contribution is -2.39. The van der Waals surface area contributed by atoms with E-state index < -0.39 is 5.97 Å². The predicted octanol–water partition coefficient (Wildman–Crippen LogP) is 2.37. The molecule has 0 aromatic heterocycles. The fourth-order valence-corrected chi connectivity index (χ4v) is 2.29. The minimum absolute atomic E-state index is 0.134. The molecular weight excluding hydrogens is 244 g/mol. The molecule has 1 rings (SSSR count). The summed E-state index contributed by atoms with van der Waals surface area (Å²) in [7, 11) is 0. The Bertz CT molecular complexity index is 314. The lowest BCUT2D eigenvalue weighted by atomic mass is 10.0. The molecular formula is C14H26N2O3. The smallest absolute Gasteiger partial charge is 0.314 e. The number of carbonyl (C=O) groups excluding carboxylic acids is 1. The Morgan fingerprint density at radius 2 is 2.00 bits per heavy atom. The second-order valence-electron chi connectivity index (χ2n) is 5.74. The topological polar surface area (TPSA) is 78.4 Å². The monoisotopic (exact) mass is 270 g/mol. The Morgan fingerprint density at radius 3 is 2.53 bits per heavy atom. The van der Waals surface area contributed by atoms with Gasteiger partial charge in [-0.2, -0.15) is 0 Å². The van der Waals surface area contributed by atoms with Gasteiger partial charge in [0.1, 0.15) is 0 Å². The lowest BCUT2D eigenvalue weighted by Gasteiger charge is -2.15. The Kier molecular flexibility index (Phi) is 6.12. The van der Waals surface area contributed by atoms with Gasteiger partial charge in [0.25, 0.3) is 0 Å². The van der Waals surface area contributed by atoms with Crippen molar-refractivity contribution in [2.75, 3.05) is 13.1 Å². The molecule has 19 heavy (non-hydrogen) atoms. The molecule has 1 atom stereocenters. The van der Waals surface area contributed by atoms with Crippen molar-refractivity contribution in [3.8, 4) is 0 Å². The maximum Gasteiger partial charge on any atom is 0.314 e. The number of urea groups is 1. The van der Waals surface area contributed by atoms with E-state index in [2.05, 4.69) is 17.6 Å². The summed E-state index contributed by atoms with van der Waals surface area (Å²) in [6, 6.07) is -0.134. The van der Waals surface area contributed by atoms with Crippen molar-refractivity contribution in [2.45, 2.75) is 52.4 Å². The van der Waals surface area contributed by atoms with Gasteiger partial charge in [-0.1, -0.05) is 20.3 Å². The van der Waals surface area contributed by atoms with Gasteiger partial charge < -0.3 is 15.7 Å². The highest BCUT2D eigenvalue weighted by molar-refractivity contribution is 5.73. The first-order chi connectivity index (χ1) is 8.99. The van der Waals surface area contributed by atoms with Crippen LogP contribution in [0.2, 0.25) is 0 Å². The quantitative estimate of drug-likeness (QED) is 0.563. The Morgan fingerprint density at radius 1 is 1.32 bits per heavy atom. The molecule has 0 radical (unpaired) electrons. The number of carbonyl (C=O) groups is 2. The first kappa shape index (κ1) is 15.8. The summed E-state index contributed by atoms with van der Waals surface area (Å²) >= 11 is 0. The number of hydrogen-bond donors (Lipinski definition) is 3. The molecule has 2 amide bonds. The summed E-state index contributed by atoms with van der Waals surface area (Å²) in [5.74, 6) is -1.12. The second kappa shape index (κ2) is 7.36. The van der Waals surface area contributed by atoms with Crippen molar-refractivity contribution in [3.63, 3.8) is 0 Å². The number of carboxylic acid groups (broad SMARTS) is 1. The van der Waals surface area contributed by atoms with E-state index in [-0.39, 0.29) is 11.9 Å². The van der Waals surface area contributed by atoms with Crippen LogP contribution in [-0.2, 0) is 4.79 Å². The van der Waals surface area contributed by atoms with Crippen LogP contribution in [0.3, 0.4) is 0 Å². The van der Waals surface area contributed by atoms with Gasteiger partial charge in [0, 0.05) is 13.1 Å². The van der Waals surface area contributed by atoms with E-state index in [9.17, 15) is 9.59 Å². The van der Waals surface area contributed by atoms with E-state index in [0.717, 1.165) is 13.0 Å². The van der Waals surface area contributed by atoms with E-state index in [1.54, 1.807) is 6.92 Å². The number of amides is 2. The van der Waals surface area contributed by atoms with Gasteiger partial charge in [0.15, 0.2) is 0 Å². The van der Waals surface area contributed by atoms with Gasteiger partial charge in [-0.15, -0.1) is 0 Å². The Balaban J connectivity index is 2.04. The Hall–Kier alpha value is -1.26. The van der Waals surface area contributed by atoms with E-state index in [1.165, 1.54) is 19.3 Å². The average molecular weight is 270 g/mol. The van der Waals surface area contributed by atoms with Crippen LogP contribution >= 0.6 is 0 Å². The molecule has 1 aliphatic rings. The first-order valence-corrected chi connectivity index (χ1v) is 7.23. The van der Waals surface area contributed by atoms with Crippen molar-refractivity contribution < 1.29 is 14.7 Å². The third-order valence-corrected chi connectivity index (χ3v) is 3.88. The second-order valence-corrected chi connectivity index (χ2v) is 5.74. The number of hydrogen-bond acceptors (Lipinski definition) is 2. The van der Waals surface area contributed by atoms with Crippen LogP contribution in [0, 0.1) is 11.3 Å². The molecule has 1 aliphatic carbocycles. The molecule has 1 saturated carbocycles. The van der Waals surface area contributed by atoms with Crippen molar-refractivity contribution in [2.24, 2.45) is 11.3 Å². The lowest BCUT2D eigenvalue weighted by molar-refractivity contribution is -0.141. The molecule has 5 heteroatoms. The van der Waals surface area contributed by atoms with Crippen molar-refractivity contribution in [1.82, 2.24) is 10.6 Å². The van der Waals surface area contributed by atoms with E-state index in [0.29, 0.717) is 24.8 Å². The maximum absolute atomic E-state index is 11.6. The molecule has 1 unspecified atom stereocenters. The molecule has 0 spiro atoms. The fourth-order valence-electron chi connectivity index (χ4n) is 2.29.